The molecule has 2 atom stereocenters. The minimum Gasteiger partial charge on any atom is -0.327 e. The van der Waals surface area contributed by atoms with Gasteiger partial charge in [-0.05, 0) is 31.7 Å². The van der Waals surface area contributed by atoms with Crippen molar-refractivity contribution in [3.05, 3.63) is 0 Å². The lowest BCUT2D eigenvalue weighted by molar-refractivity contribution is -0.147. The Morgan fingerprint density at radius 3 is 2.41 bits per heavy atom. The van der Waals surface area contributed by atoms with Gasteiger partial charge in [-0.25, -0.2) is 0 Å². The molecule has 1 fully saturated rings. The van der Waals surface area contributed by atoms with E-state index in [9.17, 15) is 13.2 Å². The van der Waals surface area contributed by atoms with Gasteiger partial charge in [0.15, 0.2) is 0 Å². The molecule has 0 amide bonds. The normalized spacial score (nSPS) is 26.5. The van der Waals surface area contributed by atoms with Crippen LogP contribution in [0.5, 0.6) is 0 Å². The Kier molecular flexibility index (Phi) is 5.73. The highest BCUT2D eigenvalue weighted by atomic mass is 19.4. The summed E-state index contributed by atoms with van der Waals surface area (Å²) in [6, 6.07) is 0.0799. The fourth-order valence-corrected chi connectivity index (χ4v) is 2.60. The van der Waals surface area contributed by atoms with Crippen LogP contribution in [-0.4, -0.2) is 36.8 Å². The summed E-state index contributed by atoms with van der Waals surface area (Å²) < 4.78 is 37.2. The zero-order chi connectivity index (χ0) is 12.9. The van der Waals surface area contributed by atoms with Crippen molar-refractivity contribution in [3.8, 4) is 0 Å². The second-order valence-corrected chi connectivity index (χ2v) is 5.06. The van der Waals surface area contributed by atoms with Crippen molar-refractivity contribution in [1.29, 1.82) is 0 Å². The monoisotopic (exact) mass is 252 g/mol. The Morgan fingerprint density at radius 2 is 1.88 bits per heavy atom. The van der Waals surface area contributed by atoms with E-state index in [4.69, 9.17) is 5.73 Å². The standard InChI is InChI=1S/C12H23F3N2/c1-2-7-17(9-12(13,14)15)8-10-5-3-4-6-11(10)16/h10-11H,2-9,16H2,1H3. The SMILES string of the molecule is CCCN(CC1CCCCC1N)CC(F)(F)F. The molecule has 0 aromatic heterocycles. The van der Waals surface area contributed by atoms with E-state index in [1.54, 1.807) is 0 Å². The summed E-state index contributed by atoms with van der Waals surface area (Å²) in [5.41, 5.74) is 5.98. The van der Waals surface area contributed by atoms with Crippen LogP contribution in [-0.2, 0) is 0 Å². The van der Waals surface area contributed by atoms with Gasteiger partial charge < -0.3 is 5.73 Å². The molecule has 5 heteroatoms. The van der Waals surface area contributed by atoms with Crippen LogP contribution in [0.25, 0.3) is 0 Å². The zero-order valence-corrected chi connectivity index (χ0v) is 10.5. The van der Waals surface area contributed by atoms with Crippen LogP contribution >= 0.6 is 0 Å². The van der Waals surface area contributed by atoms with Crippen molar-refractivity contribution in [3.63, 3.8) is 0 Å². The summed E-state index contributed by atoms with van der Waals surface area (Å²) in [7, 11) is 0. The topological polar surface area (TPSA) is 29.3 Å². The molecule has 2 nitrogen and oxygen atoms in total. The van der Waals surface area contributed by atoms with Gasteiger partial charge in [0, 0.05) is 12.6 Å². The lowest BCUT2D eigenvalue weighted by Gasteiger charge is -2.33. The Morgan fingerprint density at radius 1 is 1.24 bits per heavy atom. The Hall–Kier alpha value is -0.290. The van der Waals surface area contributed by atoms with Gasteiger partial charge in [0.25, 0.3) is 0 Å². The zero-order valence-electron chi connectivity index (χ0n) is 10.5. The predicted molar refractivity (Wildman–Crippen MR) is 62.7 cm³/mol. The van der Waals surface area contributed by atoms with Crippen LogP contribution in [0, 0.1) is 5.92 Å². The maximum absolute atomic E-state index is 12.4. The van der Waals surface area contributed by atoms with Gasteiger partial charge >= 0.3 is 6.18 Å². The van der Waals surface area contributed by atoms with Gasteiger partial charge in [-0.2, -0.15) is 13.2 Å². The lowest BCUT2D eigenvalue weighted by Crippen LogP contribution is -2.44. The first kappa shape index (κ1) is 14.8. The van der Waals surface area contributed by atoms with E-state index < -0.39 is 12.7 Å². The number of hydrogen-bond acceptors (Lipinski definition) is 2. The summed E-state index contributed by atoms with van der Waals surface area (Å²) in [6.07, 6.45) is 0.789. The quantitative estimate of drug-likeness (QED) is 0.815. The molecule has 0 saturated heterocycles. The van der Waals surface area contributed by atoms with Gasteiger partial charge in [0.2, 0.25) is 0 Å². The minimum absolute atomic E-state index is 0.0799. The molecule has 2 N–H and O–H groups in total. The number of alkyl halides is 3. The van der Waals surface area contributed by atoms with E-state index in [1.807, 2.05) is 6.92 Å². The molecule has 0 spiro atoms. The Bertz CT molecular complexity index is 218. The first-order chi connectivity index (χ1) is 7.92. The number of nitrogens with zero attached hydrogens (tertiary/aromatic N) is 1. The van der Waals surface area contributed by atoms with Gasteiger partial charge in [-0.15, -0.1) is 0 Å². The third-order valence-corrected chi connectivity index (χ3v) is 3.40. The van der Waals surface area contributed by atoms with E-state index in [2.05, 4.69) is 0 Å². The summed E-state index contributed by atoms with van der Waals surface area (Å²) >= 11 is 0. The highest BCUT2D eigenvalue weighted by Gasteiger charge is 2.32. The fourth-order valence-electron chi connectivity index (χ4n) is 2.60. The van der Waals surface area contributed by atoms with Crippen LogP contribution in [0.1, 0.15) is 39.0 Å². The largest absolute Gasteiger partial charge is 0.401 e. The first-order valence-corrected chi connectivity index (χ1v) is 6.47. The van der Waals surface area contributed by atoms with Crippen molar-refractivity contribution in [2.24, 2.45) is 11.7 Å². The molecule has 0 bridgehead atoms. The van der Waals surface area contributed by atoms with Crippen LogP contribution in [0.4, 0.5) is 13.2 Å². The maximum Gasteiger partial charge on any atom is 0.401 e. The van der Waals surface area contributed by atoms with Gasteiger partial charge in [-0.3, -0.25) is 4.90 Å². The Balaban J connectivity index is 2.47. The molecule has 2 unspecified atom stereocenters. The summed E-state index contributed by atoms with van der Waals surface area (Å²) in [5.74, 6) is 0.234. The molecule has 1 saturated carbocycles. The van der Waals surface area contributed by atoms with Crippen LogP contribution < -0.4 is 5.73 Å². The summed E-state index contributed by atoms with van der Waals surface area (Å²) in [4.78, 5) is 1.51. The number of hydrogen-bond donors (Lipinski definition) is 1. The van der Waals surface area contributed by atoms with E-state index in [1.165, 1.54) is 4.90 Å². The van der Waals surface area contributed by atoms with Crippen molar-refractivity contribution >= 4 is 0 Å². The average molecular weight is 252 g/mol. The maximum atomic E-state index is 12.4. The predicted octanol–water partition coefficient (Wildman–Crippen LogP) is 2.78. The molecule has 0 radical (unpaired) electrons. The Labute approximate surface area is 101 Å². The second-order valence-electron chi connectivity index (χ2n) is 5.06. The number of rotatable bonds is 5. The fraction of sp³-hybridized carbons (Fsp3) is 1.00. The molecular weight excluding hydrogens is 229 g/mol. The van der Waals surface area contributed by atoms with E-state index in [0.717, 1.165) is 32.1 Å². The summed E-state index contributed by atoms with van der Waals surface area (Å²) in [6.45, 7) is 2.10. The molecule has 0 aliphatic heterocycles. The number of nitrogens with two attached hydrogens (primary N) is 1. The first-order valence-electron chi connectivity index (χ1n) is 6.47. The average Bonchev–Trinajstić information content (AvgIpc) is 2.19. The van der Waals surface area contributed by atoms with Gasteiger partial charge in [-0.1, -0.05) is 19.8 Å². The van der Waals surface area contributed by atoms with Crippen LogP contribution in [0.3, 0.4) is 0 Å². The highest BCUT2D eigenvalue weighted by Crippen LogP contribution is 2.25. The molecule has 17 heavy (non-hydrogen) atoms. The van der Waals surface area contributed by atoms with E-state index in [0.29, 0.717) is 13.1 Å². The highest BCUT2D eigenvalue weighted by molar-refractivity contribution is 4.81. The molecule has 1 aliphatic rings. The third kappa shape index (κ3) is 5.73. The second kappa shape index (κ2) is 6.59. The minimum atomic E-state index is -4.10. The van der Waals surface area contributed by atoms with Crippen LogP contribution in [0.15, 0.2) is 0 Å². The van der Waals surface area contributed by atoms with Crippen molar-refractivity contribution in [2.45, 2.75) is 51.2 Å². The van der Waals surface area contributed by atoms with E-state index in [-0.39, 0.29) is 12.0 Å². The van der Waals surface area contributed by atoms with Crippen molar-refractivity contribution < 1.29 is 13.2 Å². The summed E-state index contributed by atoms with van der Waals surface area (Å²) in [5, 5.41) is 0. The van der Waals surface area contributed by atoms with Crippen molar-refractivity contribution in [2.75, 3.05) is 19.6 Å². The lowest BCUT2D eigenvalue weighted by atomic mass is 9.84. The number of halogens is 3. The molecule has 1 aliphatic carbocycles. The van der Waals surface area contributed by atoms with Crippen molar-refractivity contribution in [1.82, 2.24) is 4.90 Å². The molecule has 0 heterocycles. The van der Waals surface area contributed by atoms with Gasteiger partial charge in [0.1, 0.15) is 0 Å². The molecule has 1 rings (SSSR count). The van der Waals surface area contributed by atoms with E-state index >= 15 is 0 Å². The third-order valence-electron chi connectivity index (χ3n) is 3.40. The molecule has 0 aromatic carbocycles. The molecule has 0 aromatic rings. The molecule has 102 valence electrons. The molecular formula is C12H23F3N2. The van der Waals surface area contributed by atoms with Gasteiger partial charge in [0.05, 0.1) is 6.54 Å². The smallest absolute Gasteiger partial charge is 0.327 e. The van der Waals surface area contributed by atoms with Crippen LogP contribution in [0.2, 0.25) is 0 Å².